The first-order valence-corrected chi connectivity index (χ1v) is 7.22. The summed E-state index contributed by atoms with van der Waals surface area (Å²) in [6.07, 6.45) is 1.23. The van der Waals surface area contributed by atoms with E-state index in [9.17, 15) is 4.79 Å². The predicted octanol–water partition coefficient (Wildman–Crippen LogP) is 4.31. The number of benzene rings is 2. The Hall–Kier alpha value is -3.08. The van der Waals surface area contributed by atoms with E-state index in [1.807, 2.05) is 42.5 Å². The topological polar surface area (TPSA) is 61.6 Å². The molecule has 0 unspecified atom stereocenters. The maximum Gasteiger partial charge on any atom is 0.360 e. The van der Waals surface area contributed by atoms with E-state index in [2.05, 4.69) is 4.98 Å². The number of carbonyl (C=O) groups is 1. The second-order valence-corrected chi connectivity index (χ2v) is 4.69. The lowest BCUT2D eigenvalue weighted by Crippen LogP contribution is -2.06. The van der Waals surface area contributed by atoms with Gasteiger partial charge in [-0.2, -0.15) is 0 Å². The van der Waals surface area contributed by atoms with Gasteiger partial charge in [-0.25, -0.2) is 9.78 Å². The molecule has 23 heavy (non-hydrogen) atoms. The molecule has 0 bridgehead atoms. The van der Waals surface area contributed by atoms with Gasteiger partial charge in [-0.3, -0.25) is 0 Å². The quantitative estimate of drug-likeness (QED) is 0.657. The highest BCUT2D eigenvalue weighted by Gasteiger charge is 2.19. The summed E-state index contributed by atoms with van der Waals surface area (Å²) in [5, 5.41) is 0. The molecule has 0 aliphatic rings. The lowest BCUT2D eigenvalue weighted by molar-refractivity contribution is 0.0520. The van der Waals surface area contributed by atoms with Crippen LogP contribution in [0.5, 0.6) is 11.5 Å². The monoisotopic (exact) mass is 309 g/mol. The minimum absolute atomic E-state index is 0.170. The van der Waals surface area contributed by atoms with Crippen LogP contribution in [0.1, 0.15) is 17.4 Å². The molecule has 0 amide bonds. The normalized spacial score (nSPS) is 10.3. The summed E-state index contributed by atoms with van der Waals surface area (Å²) in [7, 11) is 0. The fourth-order valence-electron chi connectivity index (χ4n) is 2.09. The first kappa shape index (κ1) is 14.8. The van der Waals surface area contributed by atoms with Crippen molar-refractivity contribution in [2.75, 3.05) is 6.61 Å². The van der Waals surface area contributed by atoms with Crippen molar-refractivity contribution in [2.45, 2.75) is 6.92 Å². The molecule has 0 aliphatic carbocycles. The van der Waals surface area contributed by atoms with Gasteiger partial charge in [-0.1, -0.05) is 18.2 Å². The molecule has 0 fully saturated rings. The highest BCUT2D eigenvalue weighted by molar-refractivity contribution is 5.93. The average Bonchev–Trinajstić information content (AvgIpc) is 3.06. The van der Waals surface area contributed by atoms with Crippen LogP contribution in [-0.4, -0.2) is 17.6 Å². The van der Waals surface area contributed by atoms with Gasteiger partial charge in [0.1, 0.15) is 11.5 Å². The number of esters is 1. The summed E-state index contributed by atoms with van der Waals surface area (Å²) in [6, 6.07) is 16.7. The SMILES string of the molecule is CCOC(=O)c1ncoc1-c1ccc(Oc2ccccc2)cc1. The fraction of sp³-hybridized carbons (Fsp3) is 0.111. The van der Waals surface area contributed by atoms with E-state index in [0.29, 0.717) is 11.5 Å². The van der Waals surface area contributed by atoms with Gasteiger partial charge in [0.05, 0.1) is 6.61 Å². The van der Waals surface area contributed by atoms with Crippen molar-refractivity contribution in [1.29, 1.82) is 0 Å². The maximum atomic E-state index is 11.8. The lowest BCUT2D eigenvalue weighted by atomic mass is 10.1. The number of ether oxygens (including phenoxy) is 2. The molecule has 0 saturated heterocycles. The molecule has 2 aromatic carbocycles. The molecule has 3 rings (SSSR count). The average molecular weight is 309 g/mol. The molecule has 116 valence electrons. The first-order chi connectivity index (χ1) is 11.3. The van der Waals surface area contributed by atoms with Crippen molar-refractivity contribution in [3.63, 3.8) is 0 Å². The van der Waals surface area contributed by atoms with Crippen LogP contribution in [0.3, 0.4) is 0 Å². The summed E-state index contributed by atoms with van der Waals surface area (Å²) >= 11 is 0. The number of aromatic nitrogens is 1. The number of carbonyl (C=O) groups excluding carboxylic acids is 1. The molecule has 0 saturated carbocycles. The second kappa shape index (κ2) is 6.79. The van der Waals surface area contributed by atoms with Crippen LogP contribution in [0.2, 0.25) is 0 Å². The zero-order chi connectivity index (χ0) is 16.1. The lowest BCUT2D eigenvalue weighted by Gasteiger charge is -2.06. The zero-order valence-electron chi connectivity index (χ0n) is 12.6. The van der Waals surface area contributed by atoms with Gasteiger partial charge in [0.25, 0.3) is 0 Å². The highest BCUT2D eigenvalue weighted by atomic mass is 16.5. The third-order valence-electron chi connectivity index (χ3n) is 3.13. The maximum absolute atomic E-state index is 11.8. The Morgan fingerprint density at radius 3 is 2.43 bits per heavy atom. The second-order valence-electron chi connectivity index (χ2n) is 4.69. The summed E-state index contributed by atoms with van der Waals surface area (Å²) in [5.74, 6) is 1.33. The van der Waals surface area contributed by atoms with Crippen LogP contribution in [0.15, 0.2) is 65.4 Å². The van der Waals surface area contributed by atoms with Crippen molar-refractivity contribution >= 4 is 5.97 Å². The summed E-state index contributed by atoms with van der Waals surface area (Å²) in [4.78, 5) is 15.8. The van der Waals surface area contributed by atoms with Gasteiger partial charge < -0.3 is 13.9 Å². The van der Waals surface area contributed by atoms with Gasteiger partial charge in [-0.15, -0.1) is 0 Å². The molecule has 1 heterocycles. The van der Waals surface area contributed by atoms with E-state index in [1.165, 1.54) is 6.39 Å². The van der Waals surface area contributed by atoms with E-state index in [0.717, 1.165) is 11.3 Å². The number of para-hydroxylation sites is 1. The molecule has 5 heteroatoms. The van der Waals surface area contributed by atoms with E-state index < -0.39 is 5.97 Å². The summed E-state index contributed by atoms with van der Waals surface area (Å²) in [5.41, 5.74) is 0.898. The number of nitrogens with zero attached hydrogens (tertiary/aromatic N) is 1. The Morgan fingerprint density at radius 1 is 1.04 bits per heavy atom. The van der Waals surface area contributed by atoms with Gasteiger partial charge in [0.15, 0.2) is 17.8 Å². The Balaban J connectivity index is 1.80. The van der Waals surface area contributed by atoms with Gasteiger partial charge >= 0.3 is 5.97 Å². The van der Waals surface area contributed by atoms with Crippen molar-refractivity contribution in [1.82, 2.24) is 4.98 Å². The standard InChI is InChI=1S/C18H15NO4/c1-2-21-18(20)16-17(22-12-19-16)13-8-10-15(11-9-13)23-14-6-4-3-5-7-14/h3-12H,2H2,1H3. The molecule has 1 aromatic heterocycles. The number of rotatable bonds is 5. The molecule has 3 aromatic rings. The number of oxazole rings is 1. The largest absolute Gasteiger partial charge is 0.461 e. The van der Waals surface area contributed by atoms with Crippen LogP contribution in [0, 0.1) is 0 Å². The Labute approximate surface area is 133 Å². The van der Waals surface area contributed by atoms with Crippen LogP contribution in [0.25, 0.3) is 11.3 Å². The fourth-order valence-corrected chi connectivity index (χ4v) is 2.09. The van der Waals surface area contributed by atoms with Crippen LogP contribution >= 0.6 is 0 Å². The van der Waals surface area contributed by atoms with Crippen LogP contribution in [0.4, 0.5) is 0 Å². The van der Waals surface area contributed by atoms with Crippen molar-refractivity contribution < 1.29 is 18.7 Å². The molecule has 0 radical (unpaired) electrons. The molecule has 0 aliphatic heterocycles. The Kier molecular flexibility index (Phi) is 4.38. The van der Waals surface area contributed by atoms with Gasteiger partial charge in [0.2, 0.25) is 0 Å². The predicted molar refractivity (Wildman–Crippen MR) is 84.4 cm³/mol. The van der Waals surface area contributed by atoms with Crippen molar-refractivity contribution in [3.8, 4) is 22.8 Å². The van der Waals surface area contributed by atoms with Gasteiger partial charge in [0, 0.05) is 5.56 Å². The molecular formula is C18H15NO4. The summed E-state index contributed by atoms with van der Waals surface area (Å²) in [6.45, 7) is 2.03. The van der Waals surface area contributed by atoms with E-state index in [4.69, 9.17) is 13.9 Å². The van der Waals surface area contributed by atoms with E-state index in [-0.39, 0.29) is 12.3 Å². The minimum atomic E-state index is -0.499. The van der Waals surface area contributed by atoms with E-state index in [1.54, 1.807) is 19.1 Å². The third kappa shape index (κ3) is 3.40. The Bertz CT molecular complexity index is 778. The molecule has 0 atom stereocenters. The van der Waals surface area contributed by atoms with E-state index >= 15 is 0 Å². The third-order valence-corrected chi connectivity index (χ3v) is 3.13. The zero-order valence-corrected chi connectivity index (χ0v) is 12.6. The number of hydrogen-bond acceptors (Lipinski definition) is 5. The van der Waals surface area contributed by atoms with Gasteiger partial charge in [-0.05, 0) is 43.3 Å². The van der Waals surface area contributed by atoms with Crippen molar-refractivity contribution in [3.05, 3.63) is 66.7 Å². The Morgan fingerprint density at radius 2 is 1.74 bits per heavy atom. The number of hydrogen-bond donors (Lipinski definition) is 0. The smallest absolute Gasteiger partial charge is 0.360 e. The first-order valence-electron chi connectivity index (χ1n) is 7.22. The molecule has 0 spiro atoms. The summed E-state index contributed by atoms with van der Waals surface area (Å²) < 4.78 is 16.0. The minimum Gasteiger partial charge on any atom is -0.461 e. The molecular weight excluding hydrogens is 294 g/mol. The molecule has 0 N–H and O–H groups in total. The van der Waals surface area contributed by atoms with Crippen LogP contribution < -0.4 is 4.74 Å². The van der Waals surface area contributed by atoms with Crippen molar-refractivity contribution in [2.24, 2.45) is 0 Å². The highest BCUT2D eigenvalue weighted by Crippen LogP contribution is 2.27. The molecule has 5 nitrogen and oxygen atoms in total. The van der Waals surface area contributed by atoms with Crippen LogP contribution in [-0.2, 0) is 4.74 Å².